The fourth-order valence-corrected chi connectivity index (χ4v) is 5.65. The predicted molar refractivity (Wildman–Crippen MR) is 148 cm³/mol. The van der Waals surface area contributed by atoms with Crippen molar-refractivity contribution in [1.29, 1.82) is 0 Å². The zero-order valence-electron chi connectivity index (χ0n) is 23.1. The number of rotatable bonds is 9. The van der Waals surface area contributed by atoms with E-state index < -0.39 is 63.7 Å². The van der Waals surface area contributed by atoms with Crippen molar-refractivity contribution in [3.05, 3.63) is 101 Å². The molecule has 0 aliphatic carbocycles. The van der Waals surface area contributed by atoms with Crippen LogP contribution in [0.2, 0.25) is 0 Å². The van der Waals surface area contributed by atoms with Gasteiger partial charge < -0.3 is 10.1 Å². The molecule has 14 heteroatoms. The Bertz CT molecular complexity index is 1650. The molecule has 2 N–H and O–H groups in total. The van der Waals surface area contributed by atoms with E-state index in [1.165, 1.54) is 42.5 Å². The van der Waals surface area contributed by atoms with Gasteiger partial charge in [-0.3, -0.25) is 9.59 Å². The van der Waals surface area contributed by atoms with Crippen LogP contribution in [0.5, 0.6) is 5.75 Å². The Morgan fingerprint density at radius 2 is 1.55 bits per heavy atom. The van der Waals surface area contributed by atoms with E-state index in [1.54, 1.807) is 23.8 Å². The molecule has 2 amide bonds. The smallest absolute Gasteiger partial charge is 0.416 e. The lowest BCUT2D eigenvalue weighted by molar-refractivity contribution is -0.201. The molecule has 0 aromatic heterocycles. The van der Waals surface area contributed by atoms with Crippen molar-refractivity contribution in [2.24, 2.45) is 0 Å². The largest absolute Gasteiger partial charge is 0.494 e. The van der Waals surface area contributed by atoms with E-state index in [9.17, 15) is 44.3 Å². The van der Waals surface area contributed by atoms with Crippen LogP contribution in [0.15, 0.2) is 89.3 Å². The highest BCUT2D eigenvalue weighted by Gasteiger charge is 2.60. The average Bonchev–Trinajstić information content (AvgIpc) is 2.94. The van der Waals surface area contributed by atoms with Gasteiger partial charge in [0.2, 0.25) is 0 Å². The van der Waals surface area contributed by atoms with Gasteiger partial charge in [0, 0.05) is 12.8 Å². The summed E-state index contributed by atoms with van der Waals surface area (Å²) in [6, 6.07) is 17.0. The van der Waals surface area contributed by atoms with Gasteiger partial charge in [0.05, 0.1) is 11.5 Å². The fourth-order valence-electron chi connectivity index (χ4n) is 4.67. The first-order valence-electron chi connectivity index (χ1n) is 13.1. The van der Waals surface area contributed by atoms with E-state index in [0.717, 1.165) is 29.8 Å². The molecule has 1 aliphatic rings. The number of carbonyl (C=O) groups excluding carboxylic acids is 2. The van der Waals surface area contributed by atoms with Crippen LogP contribution in [-0.4, -0.2) is 39.2 Å². The summed E-state index contributed by atoms with van der Waals surface area (Å²) in [5.74, 6) is -2.87. The van der Waals surface area contributed by atoms with Crippen LogP contribution < -0.4 is 14.8 Å². The second kappa shape index (κ2) is 12.3. The number of hydrogen-bond donors (Lipinski definition) is 2. The molecule has 1 atom stereocenters. The quantitative estimate of drug-likeness (QED) is 0.171. The number of hydrogen-bond acceptors (Lipinski definition) is 5. The highest BCUT2D eigenvalue weighted by atomic mass is 32.2. The first kappa shape index (κ1) is 32.6. The minimum absolute atomic E-state index is 0.0101. The van der Waals surface area contributed by atoms with E-state index in [1.807, 2.05) is 5.32 Å². The van der Waals surface area contributed by atoms with Crippen molar-refractivity contribution in [2.75, 3.05) is 6.61 Å². The van der Waals surface area contributed by atoms with Gasteiger partial charge in [-0.1, -0.05) is 60.2 Å². The lowest BCUT2D eigenvalue weighted by atomic mass is 9.76. The van der Waals surface area contributed by atoms with Gasteiger partial charge in [-0.25, -0.2) is 13.1 Å². The van der Waals surface area contributed by atoms with Gasteiger partial charge in [0.25, 0.3) is 21.8 Å². The number of aryl methyl sites for hydroxylation is 1. The third-order valence-electron chi connectivity index (χ3n) is 6.91. The maximum absolute atomic E-state index is 14.9. The standard InChI is InChI=1S/C30H26F6N2O5S/c1-19-8-10-20(11-9-19)24-18-28(30(34,35)36,21-12-14-22(15-13-21)43-17-5-16-29(31,32)33)37-26(39)25(24)27(40)38-44(41,42)23-6-3-2-4-7-23/h2-4,6-15H,5,16-18H2,1H3,(H,37,39)(H,38,40)/t28-/m0/s1. The molecule has 4 rings (SSSR count). The molecule has 1 aliphatic heterocycles. The Hall–Kier alpha value is -4.33. The molecule has 0 unspecified atom stereocenters. The third kappa shape index (κ3) is 7.24. The molecule has 44 heavy (non-hydrogen) atoms. The summed E-state index contributed by atoms with van der Waals surface area (Å²) < 4.78 is 115. The third-order valence-corrected chi connectivity index (χ3v) is 8.26. The lowest BCUT2D eigenvalue weighted by Gasteiger charge is -2.41. The number of nitrogens with one attached hydrogen (secondary N) is 2. The second-order valence-electron chi connectivity index (χ2n) is 10.1. The van der Waals surface area contributed by atoms with Gasteiger partial charge in [-0.15, -0.1) is 0 Å². The van der Waals surface area contributed by atoms with Crippen molar-refractivity contribution in [1.82, 2.24) is 10.0 Å². The van der Waals surface area contributed by atoms with E-state index >= 15 is 0 Å². The number of ether oxygens (including phenoxy) is 1. The van der Waals surface area contributed by atoms with Crippen molar-refractivity contribution in [3.8, 4) is 5.75 Å². The maximum Gasteiger partial charge on any atom is 0.416 e. The molecule has 0 bridgehead atoms. The number of carbonyl (C=O) groups is 2. The Morgan fingerprint density at radius 3 is 2.11 bits per heavy atom. The minimum atomic E-state index is -5.12. The van der Waals surface area contributed by atoms with Crippen molar-refractivity contribution in [2.45, 2.75) is 49.0 Å². The number of sulfonamides is 1. The van der Waals surface area contributed by atoms with Crippen LogP contribution in [-0.2, 0) is 25.2 Å². The number of amides is 2. The Balaban J connectivity index is 1.74. The molecule has 0 saturated heterocycles. The molecular weight excluding hydrogens is 614 g/mol. The van der Waals surface area contributed by atoms with E-state index in [2.05, 4.69) is 0 Å². The predicted octanol–water partition coefficient (Wildman–Crippen LogP) is 5.95. The van der Waals surface area contributed by atoms with Crippen LogP contribution in [0.4, 0.5) is 26.3 Å². The van der Waals surface area contributed by atoms with Gasteiger partial charge in [0.1, 0.15) is 11.3 Å². The topological polar surface area (TPSA) is 102 Å². The van der Waals surface area contributed by atoms with Crippen LogP contribution in [0.3, 0.4) is 0 Å². The molecule has 3 aromatic rings. The summed E-state index contributed by atoms with van der Waals surface area (Å²) in [7, 11) is -4.49. The number of halogens is 6. The molecular formula is C30H26F6N2O5S. The summed E-state index contributed by atoms with van der Waals surface area (Å²) in [6.07, 6.45) is -11.9. The van der Waals surface area contributed by atoms with Crippen LogP contribution in [0, 0.1) is 6.92 Å². The lowest BCUT2D eigenvalue weighted by Crippen LogP contribution is -2.59. The van der Waals surface area contributed by atoms with Gasteiger partial charge >= 0.3 is 12.4 Å². The van der Waals surface area contributed by atoms with E-state index in [0.29, 0.717) is 0 Å². The molecule has 234 valence electrons. The van der Waals surface area contributed by atoms with E-state index in [-0.39, 0.29) is 34.8 Å². The summed E-state index contributed by atoms with van der Waals surface area (Å²) in [4.78, 5) is 26.4. The van der Waals surface area contributed by atoms with Gasteiger partial charge in [0.15, 0.2) is 5.54 Å². The zero-order valence-corrected chi connectivity index (χ0v) is 23.9. The molecule has 1 heterocycles. The van der Waals surface area contributed by atoms with Crippen LogP contribution in [0.25, 0.3) is 5.57 Å². The Kier molecular flexibility index (Phi) is 9.14. The summed E-state index contributed by atoms with van der Waals surface area (Å²) in [5, 5.41) is 1.90. The molecule has 0 radical (unpaired) electrons. The van der Waals surface area contributed by atoms with Crippen molar-refractivity contribution in [3.63, 3.8) is 0 Å². The molecule has 3 aromatic carbocycles. The number of alkyl halides is 6. The Labute approximate surface area is 249 Å². The monoisotopic (exact) mass is 640 g/mol. The van der Waals surface area contributed by atoms with Crippen LogP contribution >= 0.6 is 0 Å². The Morgan fingerprint density at radius 1 is 0.932 bits per heavy atom. The van der Waals surface area contributed by atoms with Crippen LogP contribution in [0.1, 0.15) is 36.0 Å². The molecule has 0 fully saturated rings. The molecule has 0 saturated carbocycles. The zero-order chi connectivity index (χ0) is 32.3. The average molecular weight is 641 g/mol. The fraction of sp³-hybridized carbons (Fsp3) is 0.267. The highest BCUT2D eigenvalue weighted by Crippen LogP contribution is 2.48. The molecule has 0 spiro atoms. The first-order valence-corrected chi connectivity index (χ1v) is 14.6. The first-order chi connectivity index (χ1) is 20.5. The number of benzene rings is 3. The summed E-state index contributed by atoms with van der Waals surface area (Å²) in [6.45, 7) is 1.39. The normalized spacial score (nSPS) is 17.7. The van der Waals surface area contributed by atoms with Crippen molar-refractivity contribution < 1.29 is 49.1 Å². The van der Waals surface area contributed by atoms with Crippen molar-refractivity contribution >= 4 is 27.4 Å². The summed E-state index contributed by atoms with van der Waals surface area (Å²) >= 11 is 0. The molecule has 7 nitrogen and oxygen atoms in total. The second-order valence-corrected chi connectivity index (χ2v) is 11.8. The van der Waals surface area contributed by atoms with Gasteiger partial charge in [-0.2, -0.15) is 26.3 Å². The SMILES string of the molecule is Cc1ccc(C2=C(C(=O)NS(=O)(=O)c3ccccc3)C(=O)N[C@@](c3ccc(OCCCC(F)(F)F)cc3)(C(F)(F)F)C2)cc1. The highest BCUT2D eigenvalue weighted by molar-refractivity contribution is 7.90. The van der Waals surface area contributed by atoms with E-state index in [4.69, 9.17) is 4.74 Å². The maximum atomic E-state index is 14.9. The summed E-state index contributed by atoms with van der Waals surface area (Å²) in [5.41, 5.74) is -3.83. The van der Waals surface area contributed by atoms with Gasteiger partial charge in [-0.05, 0) is 54.3 Å². The minimum Gasteiger partial charge on any atom is -0.494 e.